The van der Waals surface area contributed by atoms with Gasteiger partial charge in [-0.25, -0.2) is 17.8 Å². The van der Waals surface area contributed by atoms with Gasteiger partial charge in [0.1, 0.15) is 0 Å². The molecule has 2 aromatic rings. The summed E-state index contributed by atoms with van der Waals surface area (Å²) in [5, 5.41) is 7.39. The van der Waals surface area contributed by atoms with E-state index in [0.29, 0.717) is 6.54 Å². The number of rotatable bonds is 6. The van der Waals surface area contributed by atoms with Crippen LogP contribution in [-0.2, 0) is 17.1 Å². The molecule has 1 unspecified atom stereocenters. The van der Waals surface area contributed by atoms with Crippen LogP contribution in [0.1, 0.15) is 24.4 Å². The highest BCUT2D eigenvalue weighted by Crippen LogP contribution is 2.24. The molecule has 3 rings (SSSR count). The number of hydrogen-bond donors (Lipinski definition) is 1. The van der Waals surface area contributed by atoms with Gasteiger partial charge >= 0.3 is 0 Å². The molecule has 124 valence electrons. The van der Waals surface area contributed by atoms with Gasteiger partial charge in [-0.3, -0.25) is 4.90 Å². The summed E-state index contributed by atoms with van der Waals surface area (Å²) in [7, 11) is -2.05. The van der Waals surface area contributed by atoms with Crippen molar-refractivity contribution in [2.45, 2.75) is 23.9 Å². The highest BCUT2D eigenvalue weighted by molar-refractivity contribution is 7.89. The molecule has 0 spiro atoms. The average molecular weight is 335 g/mol. The Kier molecular flexibility index (Phi) is 4.74. The first-order valence-electron chi connectivity index (χ1n) is 7.71. The Balaban J connectivity index is 1.78. The topological polar surface area (TPSA) is 80.1 Å². The minimum Gasteiger partial charge on any atom is -0.295 e. The Morgan fingerprint density at radius 1 is 1.22 bits per heavy atom. The minimum atomic E-state index is -3.62. The van der Waals surface area contributed by atoms with Crippen LogP contribution in [0.3, 0.4) is 0 Å². The second-order valence-electron chi connectivity index (χ2n) is 5.72. The second-order valence-corrected chi connectivity index (χ2v) is 7.43. The van der Waals surface area contributed by atoms with Gasteiger partial charge in [-0.05, 0) is 31.5 Å². The number of benzene rings is 1. The van der Waals surface area contributed by atoms with Gasteiger partial charge in [0.25, 0.3) is 10.0 Å². The molecule has 1 aliphatic heterocycles. The molecule has 1 atom stereocenters. The van der Waals surface area contributed by atoms with Crippen molar-refractivity contribution < 1.29 is 8.42 Å². The molecule has 1 aromatic heterocycles. The lowest BCUT2D eigenvalue weighted by Crippen LogP contribution is -2.37. The number of likely N-dealkylation sites (tertiary alicyclic amines) is 1. The molecule has 0 bridgehead atoms. The van der Waals surface area contributed by atoms with Crippen molar-refractivity contribution in [3.8, 4) is 0 Å². The van der Waals surface area contributed by atoms with E-state index in [9.17, 15) is 8.42 Å². The summed E-state index contributed by atoms with van der Waals surface area (Å²) in [4.78, 5) is 2.33. The average Bonchev–Trinajstić information content (AvgIpc) is 3.20. The van der Waals surface area contributed by atoms with E-state index < -0.39 is 10.0 Å². The first kappa shape index (κ1) is 16.1. The summed E-state index contributed by atoms with van der Waals surface area (Å²) < 4.78 is 28.8. The van der Waals surface area contributed by atoms with Gasteiger partial charge in [0, 0.05) is 19.6 Å². The van der Waals surface area contributed by atoms with Crippen molar-refractivity contribution in [3.63, 3.8) is 0 Å². The number of aromatic nitrogens is 3. The largest absolute Gasteiger partial charge is 0.295 e. The zero-order chi connectivity index (χ0) is 16.3. The zero-order valence-electron chi connectivity index (χ0n) is 13.1. The van der Waals surface area contributed by atoms with Crippen LogP contribution in [0.5, 0.6) is 0 Å². The van der Waals surface area contributed by atoms with Gasteiger partial charge in [0.05, 0.1) is 6.20 Å². The molecule has 1 N–H and O–H groups in total. The maximum atomic E-state index is 12.4. The monoisotopic (exact) mass is 335 g/mol. The van der Waals surface area contributed by atoms with Crippen molar-refractivity contribution in [2.24, 2.45) is 7.05 Å². The van der Waals surface area contributed by atoms with Gasteiger partial charge in [-0.1, -0.05) is 35.5 Å². The summed E-state index contributed by atoms with van der Waals surface area (Å²) in [5.74, 6) is 0. The maximum Gasteiger partial charge on any atom is 0.259 e. The Morgan fingerprint density at radius 2 is 1.91 bits per heavy atom. The van der Waals surface area contributed by atoms with E-state index in [0.717, 1.165) is 31.5 Å². The summed E-state index contributed by atoms with van der Waals surface area (Å²) in [6, 6.07) is 10.1. The fraction of sp³-hybridized carbons (Fsp3) is 0.467. The molecule has 8 heteroatoms. The minimum absolute atomic E-state index is 0.0367. The number of nitrogens with one attached hydrogen (secondary N) is 1. The van der Waals surface area contributed by atoms with Crippen LogP contribution in [0.2, 0.25) is 0 Å². The van der Waals surface area contributed by atoms with E-state index in [1.54, 1.807) is 7.05 Å². The Hall–Kier alpha value is -1.77. The standard InChI is InChI=1S/C15H21N5O2S/c1-19-15(12-16-18-19)23(21,22)17-11-14(20-9-5-6-10-20)13-7-3-2-4-8-13/h2-4,7-8,12,14,17H,5-6,9-11H2,1H3. The van der Waals surface area contributed by atoms with Crippen molar-refractivity contribution >= 4 is 10.0 Å². The molecule has 0 amide bonds. The predicted molar refractivity (Wildman–Crippen MR) is 86.2 cm³/mol. The van der Waals surface area contributed by atoms with Crippen molar-refractivity contribution in [3.05, 3.63) is 42.1 Å². The SMILES string of the molecule is Cn1nncc1S(=O)(=O)NCC(c1ccccc1)N1CCCC1. The lowest BCUT2D eigenvalue weighted by Gasteiger charge is -2.28. The third-order valence-corrected chi connectivity index (χ3v) is 5.65. The zero-order valence-corrected chi connectivity index (χ0v) is 13.9. The maximum absolute atomic E-state index is 12.4. The predicted octanol–water partition coefficient (Wildman–Crippen LogP) is 0.930. The number of nitrogens with zero attached hydrogens (tertiary/aromatic N) is 4. The van der Waals surface area contributed by atoms with Crippen molar-refractivity contribution in [1.29, 1.82) is 0 Å². The van der Waals surface area contributed by atoms with Gasteiger partial charge < -0.3 is 0 Å². The second kappa shape index (κ2) is 6.77. The van der Waals surface area contributed by atoms with Crippen LogP contribution < -0.4 is 4.72 Å². The van der Waals surface area contributed by atoms with E-state index in [1.807, 2.05) is 30.3 Å². The number of hydrogen-bond acceptors (Lipinski definition) is 5. The van der Waals surface area contributed by atoms with E-state index >= 15 is 0 Å². The van der Waals surface area contributed by atoms with Crippen LogP contribution in [-0.4, -0.2) is 47.9 Å². The molecule has 1 aromatic carbocycles. The molecule has 7 nitrogen and oxygen atoms in total. The van der Waals surface area contributed by atoms with Crippen molar-refractivity contribution in [2.75, 3.05) is 19.6 Å². The normalized spacial score (nSPS) is 17.4. The molecule has 23 heavy (non-hydrogen) atoms. The van der Waals surface area contributed by atoms with Gasteiger partial charge in [-0.15, -0.1) is 5.10 Å². The Labute approximate surface area is 136 Å². The van der Waals surface area contributed by atoms with Crippen molar-refractivity contribution in [1.82, 2.24) is 24.6 Å². The van der Waals surface area contributed by atoms with Crippen LogP contribution in [0.4, 0.5) is 0 Å². The van der Waals surface area contributed by atoms with E-state index in [1.165, 1.54) is 10.9 Å². The smallest absolute Gasteiger partial charge is 0.259 e. The van der Waals surface area contributed by atoms with Crippen LogP contribution in [0.25, 0.3) is 0 Å². The summed E-state index contributed by atoms with van der Waals surface area (Å²) in [6.07, 6.45) is 3.57. The molecule has 1 saturated heterocycles. The number of sulfonamides is 1. The quantitative estimate of drug-likeness (QED) is 0.849. The lowest BCUT2D eigenvalue weighted by molar-refractivity contribution is 0.246. The van der Waals surface area contributed by atoms with E-state index in [-0.39, 0.29) is 11.1 Å². The van der Waals surface area contributed by atoms with Crippen LogP contribution >= 0.6 is 0 Å². The van der Waals surface area contributed by atoms with Crippen LogP contribution in [0, 0.1) is 0 Å². The van der Waals surface area contributed by atoms with E-state index in [2.05, 4.69) is 19.9 Å². The number of aryl methyl sites for hydroxylation is 1. The molecular weight excluding hydrogens is 314 g/mol. The first-order valence-corrected chi connectivity index (χ1v) is 9.19. The molecule has 2 heterocycles. The van der Waals surface area contributed by atoms with Gasteiger partial charge in [0.2, 0.25) is 0 Å². The van der Waals surface area contributed by atoms with E-state index in [4.69, 9.17) is 0 Å². The highest BCUT2D eigenvalue weighted by atomic mass is 32.2. The van der Waals surface area contributed by atoms with Gasteiger partial charge in [0.15, 0.2) is 5.03 Å². The summed E-state index contributed by atoms with van der Waals surface area (Å²) in [5.41, 5.74) is 1.13. The fourth-order valence-corrected chi connectivity index (χ4v) is 4.07. The van der Waals surface area contributed by atoms with Crippen LogP contribution in [0.15, 0.2) is 41.6 Å². The highest BCUT2D eigenvalue weighted by Gasteiger charge is 2.26. The fourth-order valence-electron chi connectivity index (χ4n) is 2.97. The molecule has 0 saturated carbocycles. The van der Waals surface area contributed by atoms with Gasteiger partial charge in [-0.2, -0.15) is 0 Å². The Bertz CT molecular complexity index is 738. The molecule has 0 radical (unpaired) electrons. The summed E-state index contributed by atoms with van der Waals surface area (Å²) in [6.45, 7) is 2.32. The molecule has 1 fully saturated rings. The third kappa shape index (κ3) is 3.60. The molecular formula is C15H21N5O2S. The molecule has 1 aliphatic rings. The molecule has 0 aliphatic carbocycles. The summed E-state index contributed by atoms with van der Waals surface area (Å²) >= 11 is 0. The Morgan fingerprint density at radius 3 is 2.52 bits per heavy atom. The lowest BCUT2D eigenvalue weighted by atomic mass is 10.1. The third-order valence-electron chi connectivity index (χ3n) is 4.18. The first-order chi connectivity index (χ1) is 11.1.